The van der Waals surface area contributed by atoms with Gasteiger partial charge < -0.3 is 5.11 Å². The Hall–Kier alpha value is -2.77. The summed E-state index contributed by atoms with van der Waals surface area (Å²) in [4.78, 5) is 45.9. The first-order valence-corrected chi connectivity index (χ1v) is 6.18. The number of carbonyl (C=O) groups excluding carboxylic acids is 2. The zero-order chi connectivity index (χ0) is 15.7. The fraction of sp³-hybridized carbons (Fsp3) is 0.308. The highest BCUT2D eigenvalue weighted by atomic mass is 16.6. The van der Waals surface area contributed by atoms with Crippen molar-refractivity contribution >= 4 is 29.2 Å². The van der Waals surface area contributed by atoms with Crippen LogP contribution in [0.25, 0.3) is 0 Å². The van der Waals surface area contributed by atoms with E-state index in [1.807, 2.05) is 0 Å². The van der Waals surface area contributed by atoms with Crippen LogP contribution in [0.3, 0.4) is 0 Å². The van der Waals surface area contributed by atoms with Crippen molar-refractivity contribution in [3.8, 4) is 0 Å². The highest BCUT2D eigenvalue weighted by Crippen LogP contribution is 2.33. The third-order valence-corrected chi connectivity index (χ3v) is 3.20. The predicted octanol–water partition coefficient (Wildman–Crippen LogP) is 1.58. The lowest BCUT2D eigenvalue weighted by molar-refractivity contribution is -0.384. The van der Waals surface area contributed by atoms with E-state index in [0.717, 1.165) is 23.1 Å². The fourth-order valence-corrected chi connectivity index (χ4v) is 2.25. The molecule has 1 aliphatic heterocycles. The molecule has 1 aromatic carbocycles. The smallest absolute Gasteiger partial charge is 0.335 e. The van der Waals surface area contributed by atoms with Gasteiger partial charge in [-0.1, -0.05) is 6.92 Å². The van der Waals surface area contributed by atoms with Crippen LogP contribution in [0.4, 0.5) is 11.4 Å². The number of anilines is 1. The molecule has 110 valence electrons. The first-order valence-electron chi connectivity index (χ1n) is 6.18. The van der Waals surface area contributed by atoms with E-state index in [1.54, 1.807) is 6.92 Å². The van der Waals surface area contributed by atoms with E-state index in [2.05, 4.69) is 0 Å². The molecule has 0 aliphatic carbocycles. The lowest BCUT2D eigenvalue weighted by atomic mass is 9.97. The first-order chi connectivity index (χ1) is 9.81. The number of aromatic carboxylic acids is 1. The zero-order valence-corrected chi connectivity index (χ0v) is 11.1. The second-order valence-corrected chi connectivity index (χ2v) is 4.90. The number of benzene rings is 1. The van der Waals surface area contributed by atoms with Crippen molar-refractivity contribution in [3.05, 3.63) is 33.9 Å². The van der Waals surface area contributed by atoms with Gasteiger partial charge in [0.1, 0.15) is 5.69 Å². The Labute approximate surface area is 119 Å². The molecule has 2 amide bonds. The van der Waals surface area contributed by atoms with Gasteiger partial charge in [-0.05, 0) is 18.1 Å². The number of amides is 2. The van der Waals surface area contributed by atoms with Gasteiger partial charge in [-0.15, -0.1) is 0 Å². The average Bonchev–Trinajstić information content (AvgIpc) is 2.37. The van der Waals surface area contributed by atoms with Crippen LogP contribution in [-0.4, -0.2) is 27.8 Å². The molecule has 1 aliphatic rings. The van der Waals surface area contributed by atoms with Gasteiger partial charge in [0.15, 0.2) is 0 Å². The molecule has 1 heterocycles. The number of nitro benzene ring substituents is 1. The summed E-state index contributed by atoms with van der Waals surface area (Å²) in [6, 6.07) is 3.09. The molecule has 0 saturated carbocycles. The third kappa shape index (κ3) is 2.73. The van der Waals surface area contributed by atoms with E-state index in [4.69, 9.17) is 5.11 Å². The van der Waals surface area contributed by atoms with Gasteiger partial charge >= 0.3 is 5.97 Å². The molecule has 1 fully saturated rings. The minimum absolute atomic E-state index is 0.112. The van der Waals surface area contributed by atoms with Crippen molar-refractivity contribution in [3.63, 3.8) is 0 Å². The molecular weight excluding hydrogens is 280 g/mol. The molecule has 1 aromatic rings. The van der Waals surface area contributed by atoms with Gasteiger partial charge in [0.25, 0.3) is 5.69 Å². The molecule has 21 heavy (non-hydrogen) atoms. The Balaban J connectivity index is 2.52. The van der Waals surface area contributed by atoms with E-state index in [1.165, 1.54) is 0 Å². The largest absolute Gasteiger partial charge is 0.478 e. The number of hydrogen-bond donors (Lipinski definition) is 1. The molecule has 8 heteroatoms. The van der Waals surface area contributed by atoms with Crippen LogP contribution >= 0.6 is 0 Å². The van der Waals surface area contributed by atoms with Gasteiger partial charge in [0.05, 0.1) is 10.5 Å². The molecule has 2 rings (SSSR count). The lowest BCUT2D eigenvalue weighted by Gasteiger charge is -2.27. The Kier molecular flexibility index (Phi) is 3.70. The summed E-state index contributed by atoms with van der Waals surface area (Å²) < 4.78 is 0. The fourth-order valence-electron chi connectivity index (χ4n) is 2.25. The number of hydrogen-bond acceptors (Lipinski definition) is 5. The molecule has 1 N–H and O–H groups in total. The summed E-state index contributed by atoms with van der Waals surface area (Å²) in [5, 5.41) is 19.9. The Bertz CT molecular complexity index is 636. The minimum atomic E-state index is -1.32. The van der Waals surface area contributed by atoms with Crippen molar-refractivity contribution in [1.29, 1.82) is 0 Å². The van der Waals surface area contributed by atoms with Crippen molar-refractivity contribution < 1.29 is 24.4 Å². The molecule has 8 nitrogen and oxygen atoms in total. The Morgan fingerprint density at radius 3 is 2.38 bits per heavy atom. The van der Waals surface area contributed by atoms with Gasteiger partial charge in [0.2, 0.25) is 11.8 Å². The van der Waals surface area contributed by atoms with Crippen LogP contribution in [0.5, 0.6) is 0 Å². The van der Waals surface area contributed by atoms with Crippen molar-refractivity contribution in [2.24, 2.45) is 5.92 Å². The van der Waals surface area contributed by atoms with Crippen LogP contribution in [0.2, 0.25) is 0 Å². The van der Waals surface area contributed by atoms with Gasteiger partial charge in [-0.2, -0.15) is 0 Å². The summed E-state index contributed by atoms with van der Waals surface area (Å²) in [6.07, 6.45) is 0.229. The summed E-state index contributed by atoms with van der Waals surface area (Å²) in [7, 11) is 0. The van der Waals surface area contributed by atoms with Crippen LogP contribution in [0.1, 0.15) is 30.1 Å². The first kappa shape index (κ1) is 14.6. The number of carboxylic acid groups (broad SMARTS) is 1. The van der Waals surface area contributed by atoms with Crippen LogP contribution < -0.4 is 4.90 Å². The average molecular weight is 292 g/mol. The summed E-state index contributed by atoms with van der Waals surface area (Å²) in [6.45, 7) is 1.75. The second-order valence-electron chi connectivity index (χ2n) is 4.90. The quantitative estimate of drug-likeness (QED) is 0.513. The molecular formula is C13H12N2O6. The maximum Gasteiger partial charge on any atom is 0.335 e. The molecule has 1 saturated heterocycles. The molecule has 0 bridgehead atoms. The number of imide groups is 1. The molecule has 0 spiro atoms. The van der Waals surface area contributed by atoms with Crippen LogP contribution in [0.15, 0.2) is 18.2 Å². The predicted molar refractivity (Wildman–Crippen MR) is 70.9 cm³/mol. The van der Waals surface area contributed by atoms with Crippen LogP contribution in [-0.2, 0) is 9.59 Å². The number of carboxylic acids is 1. The van der Waals surface area contributed by atoms with E-state index < -0.39 is 28.4 Å². The number of carbonyl (C=O) groups is 3. The molecule has 0 radical (unpaired) electrons. The number of nitro groups is 1. The number of nitrogens with zero attached hydrogens (tertiary/aromatic N) is 2. The Morgan fingerprint density at radius 2 is 1.90 bits per heavy atom. The normalized spacial score (nSPS) is 16.1. The van der Waals surface area contributed by atoms with E-state index >= 15 is 0 Å². The Morgan fingerprint density at radius 1 is 1.33 bits per heavy atom. The molecule has 0 unspecified atom stereocenters. The maximum atomic E-state index is 12.0. The summed E-state index contributed by atoms with van der Waals surface area (Å²) in [5.74, 6) is -2.48. The highest BCUT2D eigenvalue weighted by molar-refractivity contribution is 6.17. The van der Waals surface area contributed by atoms with Crippen LogP contribution in [0, 0.1) is 16.0 Å². The highest BCUT2D eigenvalue weighted by Gasteiger charge is 2.35. The SMILES string of the molecule is CC1CC(=O)N(c2ccc(C(=O)O)cc2[N+](=O)[O-])C(=O)C1. The van der Waals surface area contributed by atoms with E-state index in [0.29, 0.717) is 0 Å². The number of rotatable bonds is 3. The van der Waals surface area contributed by atoms with Crippen molar-refractivity contribution in [2.75, 3.05) is 4.90 Å². The van der Waals surface area contributed by atoms with Crippen molar-refractivity contribution in [1.82, 2.24) is 0 Å². The van der Waals surface area contributed by atoms with E-state index in [-0.39, 0.29) is 30.0 Å². The van der Waals surface area contributed by atoms with Crippen molar-refractivity contribution in [2.45, 2.75) is 19.8 Å². The lowest BCUT2D eigenvalue weighted by Crippen LogP contribution is -2.43. The summed E-state index contributed by atoms with van der Waals surface area (Å²) in [5.41, 5.74) is -1.05. The molecule has 0 aromatic heterocycles. The van der Waals surface area contributed by atoms with Gasteiger partial charge in [-0.25, -0.2) is 9.69 Å². The van der Waals surface area contributed by atoms with Gasteiger partial charge in [0, 0.05) is 18.9 Å². The summed E-state index contributed by atoms with van der Waals surface area (Å²) >= 11 is 0. The van der Waals surface area contributed by atoms with E-state index in [9.17, 15) is 24.5 Å². The third-order valence-electron chi connectivity index (χ3n) is 3.20. The monoisotopic (exact) mass is 292 g/mol. The molecule has 0 atom stereocenters. The topological polar surface area (TPSA) is 118 Å². The minimum Gasteiger partial charge on any atom is -0.478 e. The number of piperidine rings is 1. The second kappa shape index (κ2) is 5.31. The zero-order valence-electron chi connectivity index (χ0n) is 11.1. The standard InChI is InChI=1S/C13H12N2O6/c1-7-4-11(16)14(12(17)5-7)9-3-2-8(13(18)19)6-10(9)15(20)21/h2-3,6-7H,4-5H2,1H3,(H,18,19). The van der Waals surface area contributed by atoms with Gasteiger partial charge in [-0.3, -0.25) is 19.7 Å². The maximum absolute atomic E-state index is 12.0.